The summed E-state index contributed by atoms with van der Waals surface area (Å²) in [6.45, 7) is 0. The number of amides is 1. The van der Waals surface area contributed by atoms with Crippen LogP contribution in [0.2, 0.25) is 0 Å². The van der Waals surface area contributed by atoms with Crippen molar-refractivity contribution in [1.29, 1.82) is 0 Å². The van der Waals surface area contributed by atoms with Crippen LogP contribution in [0.25, 0.3) is 0 Å². The topological polar surface area (TPSA) is 85.6 Å². The van der Waals surface area contributed by atoms with Gasteiger partial charge in [-0.2, -0.15) is 0 Å². The Bertz CT molecular complexity index is 992. The Labute approximate surface area is 185 Å². The van der Waals surface area contributed by atoms with Crippen LogP contribution in [0.1, 0.15) is 22.9 Å². The Kier molecular flexibility index (Phi) is 7.61. The van der Waals surface area contributed by atoms with Crippen molar-refractivity contribution < 1.29 is 14.5 Å². The molecular formula is C23H23N3O4S. The van der Waals surface area contributed by atoms with Crippen molar-refractivity contribution >= 4 is 23.4 Å². The van der Waals surface area contributed by atoms with E-state index in [0.717, 1.165) is 16.8 Å². The molecule has 0 bridgehead atoms. The van der Waals surface area contributed by atoms with Crippen LogP contribution in [0.3, 0.4) is 0 Å². The predicted molar refractivity (Wildman–Crippen MR) is 121 cm³/mol. The summed E-state index contributed by atoms with van der Waals surface area (Å²) >= 11 is 1.41. The van der Waals surface area contributed by atoms with E-state index in [0.29, 0.717) is 5.75 Å². The first-order valence-corrected chi connectivity index (χ1v) is 10.8. The lowest BCUT2D eigenvalue weighted by Gasteiger charge is -2.28. The van der Waals surface area contributed by atoms with E-state index in [1.165, 1.54) is 24.9 Å². The molecule has 3 rings (SSSR count). The summed E-state index contributed by atoms with van der Waals surface area (Å²) in [6.07, 6.45) is 1.72. The summed E-state index contributed by atoms with van der Waals surface area (Å²) in [4.78, 5) is 29.8. The molecule has 0 aliphatic carbocycles. The average molecular weight is 438 g/mol. The standard InChI is InChI=1S/C23H23N3O4S/c1-25(23(18-8-4-3-5-9-18)19-10-6-7-13-24-19)22(27)16-31-15-17-11-12-21(30-2)20(14-17)26(28)29/h3-14,23H,15-16H2,1-2H3. The molecule has 31 heavy (non-hydrogen) atoms. The van der Waals surface area contributed by atoms with E-state index < -0.39 is 4.92 Å². The molecule has 0 saturated heterocycles. The van der Waals surface area contributed by atoms with Crippen LogP contribution in [0, 0.1) is 10.1 Å². The number of aromatic nitrogens is 1. The fraction of sp³-hybridized carbons (Fsp3) is 0.217. The van der Waals surface area contributed by atoms with Gasteiger partial charge in [0, 0.05) is 25.1 Å². The van der Waals surface area contributed by atoms with Gasteiger partial charge in [-0.05, 0) is 29.3 Å². The van der Waals surface area contributed by atoms with E-state index >= 15 is 0 Å². The minimum absolute atomic E-state index is 0.0486. The maximum Gasteiger partial charge on any atom is 0.311 e. The lowest BCUT2D eigenvalue weighted by Crippen LogP contribution is -2.33. The number of benzene rings is 2. The molecule has 2 aromatic carbocycles. The van der Waals surface area contributed by atoms with Gasteiger partial charge in [0.05, 0.1) is 29.5 Å². The summed E-state index contributed by atoms with van der Waals surface area (Å²) in [6, 6.07) is 20.0. The van der Waals surface area contributed by atoms with Gasteiger partial charge in [-0.15, -0.1) is 11.8 Å². The van der Waals surface area contributed by atoms with Crippen molar-refractivity contribution in [3.8, 4) is 5.75 Å². The summed E-state index contributed by atoms with van der Waals surface area (Å²) in [5.41, 5.74) is 2.45. The minimum Gasteiger partial charge on any atom is -0.490 e. The molecule has 0 radical (unpaired) electrons. The van der Waals surface area contributed by atoms with Crippen molar-refractivity contribution in [2.45, 2.75) is 11.8 Å². The van der Waals surface area contributed by atoms with E-state index in [1.54, 1.807) is 30.3 Å². The van der Waals surface area contributed by atoms with Gasteiger partial charge in [0.25, 0.3) is 0 Å². The monoisotopic (exact) mass is 437 g/mol. The van der Waals surface area contributed by atoms with Crippen LogP contribution in [0.4, 0.5) is 5.69 Å². The first kappa shape index (κ1) is 22.3. The number of nitro groups is 1. The van der Waals surface area contributed by atoms with Gasteiger partial charge in [0.1, 0.15) is 0 Å². The number of ether oxygens (including phenoxy) is 1. The fourth-order valence-electron chi connectivity index (χ4n) is 3.24. The zero-order valence-corrected chi connectivity index (χ0v) is 18.1. The highest BCUT2D eigenvalue weighted by Gasteiger charge is 2.24. The first-order valence-electron chi connectivity index (χ1n) is 9.62. The quantitative estimate of drug-likeness (QED) is 0.362. The van der Waals surface area contributed by atoms with E-state index in [2.05, 4.69) is 4.98 Å². The van der Waals surface area contributed by atoms with Crippen molar-refractivity contribution in [2.24, 2.45) is 0 Å². The van der Waals surface area contributed by atoms with Crippen LogP contribution in [-0.2, 0) is 10.5 Å². The molecule has 0 spiro atoms. The maximum atomic E-state index is 12.9. The van der Waals surface area contributed by atoms with Gasteiger partial charge in [-0.3, -0.25) is 19.9 Å². The number of pyridine rings is 1. The Balaban J connectivity index is 1.69. The highest BCUT2D eigenvalue weighted by Crippen LogP contribution is 2.30. The van der Waals surface area contributed by atoms with E-state index in [-0.39, 0.29) is 29.1 Å². The van der Waals surface area contributed by atoms with Gasteiger partial charge in [0.2, 0.25) is 5.91 Å². The molecule has 1 aromatic heterocycles. The third-order valence-corrected chi connectivity index (χ3v) is 5.79. The van der Waals surface area contributed by atoms with Gasteiger partial charge >= 0.3 is 5.69 Å². The highest BCUT2D eigenvalue weighted by atomic mass is 32.2. The third-order valence-electron chi connectivity index (χ3n) is 4.80. The Morgan fingerprint density at radius 2 is 1.90 bits per heavy atom. The number of rotatable bonds is 9. The molecule has 1 unspecified atom stereocenters. The van der Waals surface area contributed by atoms with Gasteiger partial charge < -0.3 is 9.64 Å². The number of carbonyl (C=O) groups is 1. The average Bonchev–Trinajstić information content (AvgIpc) is 2.80. The molecule has 160 valence electrons. The fourth-order valence-corrected chi connectivity index (χ4v) is 4.13. The molecular weight excluding hydrogens is 414 g/mol. The molecule has 7 nitrogen and oxygen atoms in total. The largest absolute Gasteiger partial charge is 0.490 e. The van der Waals surface area contributed by atoms with Crippen molar-refractivity contribution in [1.82, 2.24) is 9.88 Å². The normalized spacial score (nSPS) is 11.5. The number of carbonyl (C=O) groups excluding carboxylic acids is 1. The van der Waals surface area contributed by atoms with Crippen LogP contribution < -0.4 is 4.74 Å². The highest BCUT2D eigenvalue weighted by molar-refractivity contribution is 7.99. The lowest BCUT2D eigenvalue weighted by atomic mass is 10.0. The molecule has 3 aromatic rings. The number of nitrogens with zero attached hydrogens (tertiary/aromatic N) is 3. The molecule has 1 heterocycles. The number of nitro benzene ring substituents is 1. The lowest BCUT2D eigenvalue weighted by molar-refractivity contribution is -0.385. The van der Waals surface area contributed by atoms with Gasteiger partial charge in [-0.25, -0.2) is 0 Å². The minimum atomic E-state index is -0.469. The second-order valence-corrected chi connectivity index (χ2v) is 7.81. The number of thioether (sulfide) groups is 1. The number of hydrogen-bond donors (Lipinski definition) is 0. The molecule has 0 aliphatic rings. The summed E-state index contributed by atoms with van der Waals surface area (Å²) in [5.74, 6) is 0.888. The molecule has 1 atom stereocenters. The Morgan fingerprint density at radius 1 is 1.16 bits per heavy atom. The second kappa shape index (κ2) is 10.6. The van der Waals surface area contributed by atoms with Crippen molar-refractivity contribution in [3.63, 3.8) is 0 Å². The maximum absolute atomic E-state index is 12.9. The van der Waals surface area contributed by atoms with E-state index in [9.17, 15) is 14.9 Å². The van der Waals surface area contributed by atoms with Gasteiger partial charge in [0.15, 0.2) is 5.75 Å². The first-order chi connectivity index (χ1) is 15.0. The SMILES string of the molecule is COc1ccc(CSCC(=O)N(C)C(c2ccccc2)c2ccccn2)cc1[N+](=O)[O-]. The Hall–Kier alpha value is -3.39. The molecule has 0 saturated carbocycles. The zero-order chi connectivity index (χ0) is 22.2. The number of hydrogen-bond acceptors (Lipinski definition) is 6. The molecule has 0 fully saturated rings. The molecule has 1 amide bonds. The number of methoxy groups -OCH3 is 1. The molecule has 0 aliphatic heterocycles. The summed E-state index contributed by atoms with van der Waals surface area (Å²) in [5, 5.41) is 11.2. The second-order valence-electron chi connectivity index (χ2n) is 6.83. The smallest absolute Gasteiger partial charge is 0.311 e. The summed E-state index contributed by atoms with van der Waals surface area (Å²) in [7, 11) is 3.17. The van der Waals surface area contributed by atoms with E-state index in [4.69, 9.17) is 4.74 Å². The predicted octanol–water partition coefficient (Wildman–Crippen LogP) is 4.48. The molecule has 8 heteroatoms. The van der Waals surface area contributed by atoms with Crippen LogP contribution in [0.15, 0.2) is 72.9 Å². The van der Waals surface area contributed by atoms with Gasteiger partial charge in [-0.1, -0.05) is 42.5 Å². The zero-order valence-electron chi connectivity index (χ0n) is 17.3. The Morgan fingerprint density at radius 3 is 2.55 bits per heavy atom. The van der Waals surface area contributed by atoms with Crippen LogP contribution in [-0.4, -0.2) is 40.6 Å². The van der Waals surface area contributed by atoms with E-state index in [1.807, 2.05) is 48.5 Å². The van der Waals surface area contributed by atoms with Crippen LogP contribution in [0.5, 0.6) is 5.75 Å². The van der Waals surface area contributed by atoms with Crippen molar-refractivity contribution in [3.05, 3.63) is 99.9 Å². The summed E-state index contributed by atoms with van der Waals surface area (Å²) < 4.78 is 5.03. The molecule has 0 N–H and O–H groups in total. The van der Waals surface area contributed by atoms with Crippen molar-refractivity contribution in [2.75, 3.05) is 19.9 Å². The van der Waals surface area contributed by atoms with Crippen LogP contribution >= 0.6 is 11.8 Å². The third kappa shape index (κ3) is 5.61.